The fourth-order valence-corrected chi connectivity index (χ4v) is 2.29. The molecule has 2 rings (SSSR count). The van der Waals surface area contributed by atoms with Crippen LogP contribution < -0.4 is 14.8 Å². The number of aromatic nitrogens is 2. The normalized spacial score (nSPS) is 10.3. The fourth-order valence-electron chi connectivity index (χ4n) is 1.82. The monoisotopic (exact) mass is 351 g/mol. The zero-order valence-electron chi connectivity index (χ0n) is 12.3. The number of rotatable bonds is 6. The second-order valence-corrected chi connectivity index (χ2v) is 5.42. The Morgan fingerprint density at radius 1 is 1.29 bits per heavy atom. The minimum Gasteiger partial charge on any atom is -0.489 e. The van der Waals surface area contributed by atoms with Gasteiger partial charge in [-0.3, -0.25) is 0 Å². The van der Waals surface area contributed by atoms with Crippen LogP contribution in [0.2, 0.25) is 0 Å². The molecule has 1 aromatic carbocycles. The predicted molar refractivity (Wildman–Crippen MR) is 86.3 cm³/mol. The third kappa shape index (κ3) is 3.85. The highest BCUT2D eigenvalue weighted by Gasteiger charge is 2.14. The number of aryl methyl sites for hydroxylation is 1. The number of hydrogen-bond acceptors (Lipinski definition) is 5. The van der Waals surface area contributed by atoms with Crippen molar-refractivity contribution in [1.29, 1.82) is 0 Å². The topological polar surface area (TPSA) is 56.3 Å². The Morgan fingerprint density at radius 3 is 2.76 bits per heavy atom. The number of nitrogens with zero attached hydrogens (tertiary/aromatic N) is 2. The Morgan fingerprint density at radius 2 is 2.10 bits per heavy atom. The van der Waals surface area contributed by atoms with E-state index in [4.69, 9.17) is 9.47 Å². The Balaban J connectivity index is 2.30. The molecule has 1 heterocycles. The lowest BCUT2D eigenvalue weighted by atomic mass is 10.2. The molecule has 0 unspecified atom stereocenters. The zero-order valence-corrected chi connectivity index (χ0v) is 13.9. The number of methoxy groups -OCH3 is 1. The van der Waals surface area contributed by atoms with Crippen LogP contribution in [0.1, 0.15) is 18.9 Å². The summed E-state index contributed by atoms with van der Waals surface area (Å²) in [5.74, 6) is 2.28. The van der Waals surface area contributed by atoms with E-state index in [1.807, 2.05) is 25.1 Å². The average molecular weight is 352 g/mol. The van der Waals surface area contributed by atoms with Crippen molar-refractivity contribution in [2.45, 2.75) is 20.3 Å². The molecular weight excluding hydrogens is 334 g/mol. The van der Waals surface area contributed by atoms with Gasteiger partial charge in [0.1, 0.15) is 12.1 Å². The van der Waals surface area contributed by atoms with Gasteiger partial charge in [-0.15, -0.1) is 0 Å². The second-order valence-electron chi connectivity index (χ2n) is 4.50. The van der Waals surface area contributed by atoms with Crippen LogP contribution in [-0.4, -0.2) is 23.6 Å². The van der Waals surface area contributed by atoms with Crippen LogP contribution in [0.4, 0.5) is 5.82 Å². The maximum atomic E-state index is 5.87. The zero-order chi connectivity index (χ0) is 15.2. The van der Waals surface area contributed by atoms with E-state index < -0.39 is 0 Å². The number of ether oxygens (including phenoxy) is 2. The molecule has 0 fully saturated rings. The van der Waals surface area contributed by atoms with Gasteiger partial charge in [-0.2, -0.15) is 4.98 Å². The first kappa shape index (κ1) is 15.6. The molecule has 1 N–H and O–H groups in total. The molecule has 0 saturated heterocycles. The summed E-state index contributed by atoms with van der Waals surface area (Å²) in [6.07, 6.45) is 2.46. The van der Waals surface area contributed by atoms with Gasteiger partial charge < -0.3 is 14.8 Å². The quantitative estimate of drug-likeness (QED) is 0.846. The minimum absolute atomic E-state index is 0.400. The molecule has 0 radical (unpaired) electrons. The average Bonchev–Trinajstić information content (AvgIpc) is 2.48. The largest absolute Gasteiger partial charge is 0.489 e. The first-order chi connectivity index (χ1) is 10.2. The summed E-state index contributed by atoms with van der Waals surface area (Å²) in [5.41, 5.74) is 1.01. The van der Waals surface area contributed by atoms with Gasteiger partial charge >= 0.3 is 0 Å². The number of halogens is 1. The maximum absolute atomic E-state index is 5.87. The van der Waals surface area contributed by atoms with Crippen LogP contribution in [0.5, 0.6) is 17.4 Å². The highest BCUT2D eigenvalue weighted by atomic mass is 79.9. The molecule has 2 aromatic rings. The van der Waals surface area contributed by atoms with E-state index in [0.717, 1.165) is 28.8 Å². The molecular formula is C15H18BrN3O2. The standard InChI is InChI=1S/C15H18BrN3O2/c1-4-7-17-14-13(20-3)15(19-9-18-14)21-12-6-5-11(16)8-10(12)2/h5-6,8-9H,4,7H2,1-3H3,(H,17,18,19). The van der Waals surface area contributed by atoms with Crippen LogP contribution in [0.25, 0.3) is 0 Å². The predicted octanol–water partition coefficient (Wildman–Crippen LogP) is 4.17. The van der Waals surface area contributed by atoms with Crippen molar-refractivity contribution < 1.29 is 9.47 Å². The highest BCUT2D eigenvalue weighted by Crippen LogP contribution is 2.35. The van der Waals surface area contributed by atoms with Crippen molar-refractivity contribution in [3.63, 3.8) is 0 Å². The molecule has 0 aliphatic carbocycles. The SMILES string of the molecule is CCCNc1ncnc(Oc2ccc(Br)cc2C)c1OC. The van der Waals surface area contributed by atoms with Gasteiger partial charge in [0.15, 0.2) is 5.82 Å². The van der Waals surface area contributed by atoms with Crippen LogP contribution in [-0.2, 0) is 0 Å². The second kappa shape index (κ2) is 7.26. The Bertz CT molecular complexity index is 620. The molecule has 1 aromatic heterocycles. The lowest BCUT2D eigenvalue weighted by Crippen LogP contribution is -2.06. The van der Waals surface area contributed by atoms with E-state index in [0.29, 0.717) is 17.4 Å². The van der Waals surface area contributed by atoms with Gasteiger partial charge in [0.25, 0.3) is 5.88 Å². The third-order valence-electron chi connectivity index (χ3n) is 2.86. The van der Waals surface area contributed by atoms with Gasteiger partial charge in [0.05, 0.1) is 7.11 Å². The van der Waals surface area contributed by atoms with Gasteiger partial charge in [0.2, 0.25) is 5.75 Å². The smallest absolute Gasteiger partial charge is 0.268 e. The van der Waals surface area contributed by atoms with Gasteiger partial charge in [-0.1, -0.05) is 22.9 Å². The molecule has 0 aliphatic heterocycles. The van der Waals surface area contributed by atoms with E-state index in [9.17, 15) is 0 Å². The summed E-state index contributed by atoms with van der Waals surface area (Å²) < 4.78 is 12.3. The third-order valence-corrected chi connectivity index (χ3v) is 3.35. The van der Waals surface area contributed by atoms with E-state index in [2.05, 4.69) is 38.1 Å². The summed E-state index contributed by atoms with van der Waals surface area (Å²) in [6, 6.07) is 5.80. The van der Waals surface area contributed by atoms with E-state index in [1.54, 1.807) is 7.11 Å². The van der Waals surface area contributed by atoms with Crippen molar-refractivity contribution in [2.24, 2.45) is 0 Å². The molecule has 0 amide bonds. The number of nitrogens with one attached hydrogen (secondary N) is 1. The summed E-state index contributed by atoms with van der Waals surface area (Å²) in [6.45, 7) is 4.87. The lowest BCUT2D eigenvalue weighted by molar-refractivity contribution is 0.368. The van der Waals surface area contributed by atoms with Crippen LogP contribution >= 0.6 is 15.9 Å². The summed E-state index contributed by atoms with van der Waals surface area (Å²) >= 11 is 3.43. The molecule has 0 aliphatic rings. The first-order valence-electron chi connectivity index (χ1n) is 6.72. The summed E-state index contributed by atoms with van der Waals surface area (Å²) in [5, 5.41) is 3.20. The van der Waals surface area contributed by atoms with E-state index in [1.165, 1.54) is 6.33 Å². The van der Waals surface area contributed by atoms with Crippen LogP contribution in [0.15, 0.2) is 29.0 Å². The van der Waals surface area contributed by atoms with Crippen LogP contribution in [0, 0.1) is 6.92 Å². The minimum atomic E-state index is 0.400. The lowest BCUT2D eigenvalue weighted by Gasteiger charge is -2.14. The highest BCUT2D eigenvalue weighted by molar-refractivity contribution is 9.10. The number of hydrogen-bond donors (Lipinski definition) is 1. The molecule has 5 nitrogen and oxygen atoms in total. The summed E-state index contributed by atoms with van der Waals surface area (Å²) in [4.78, 5) is 8.36. The van der Waals surface area contributed by atoms with Crippen molar-refractivity contribution >= 4 is 21.7 Å². The van der Waals surface area contributed by atoms with Crippen molar-refractivity contribution in [3.05, 3.63) is 34.6 Å². The van der Waals surface area contributed by atoms with Crippen molar-refractivity contribution in [1.82, 2.24) is 9.97 Å². The van der Waals surface area contributed by atoms with E-state index in [-0.39, 0.29) is 0 Å². The molecule has 6 heteroatoms. The van der Waals surface area contributed by atoms with Crippen molar-refractivity contribution in [3.8, 4) is 17.4 Å². The molecule has 0 atom stereocenters. The Kier molecular flexibility index (Phi) is 5.38. The van der Waals surface area contributed by atoms with E-state index >= 15 is 0 Å². The van der Waals surface area contributed by atoms with Crippen LogP contribution in [0.3, 0.4) is 0 Å². The summed E-state index contributed by atoms with van der Waals surface area (Å²) in [7, 11) is 1.58. The number of anilines is 1. The van der Waals surface area contributed by atoms with Gasteiger partial charge in [-0.05, 0) is 37.1 Å². The van der Waals surface area contributed by atoms with Gasteiger partial charge in [-0.25, -0.2) is 4.98 Å². The molecule has 112 valence electrons. The van der Waals surface area contributed by atoms with Crippen molar-refractivity contribution in [2.75, 3.05) is 19.0 Å². The molecule has 0 saturated carbocycles. The molecule has 0 bridgehead atoms. The maximum Gasteiger partial charge on any atom is 0.268 e. The molecule has 21 heavy (non-hydrogen) atoms. The fraction of sp³-hybridized carbons (Fsp3) is 0.333. The molecule has 0 spiro atoms. The number of benzene rings is 1. The van der Waals surface area contributed by atoms with Gasteiger partial charge in [0, 0.05) is 11.0 Å². The Labute approximate surface area is 132 Å². The Hall–Kier alpha value is -1.82. The first-order valence-corrected chi connectivity index (χ1v) is 7.51.